The number of hydrogen-bond donors (Lipinski definition) is 3. The first kappa shape index (κ1) is 23.8. The average molecular weight is 497 g/mol. The summed E-state index contributed by atoms with van der Waals surface area (Å²) < 4.78 is 27.2. The van der Waals surface area contributed by atoms with Gasteiger partial charge in [-0.1, -0.05) is 29.8 Å². The number of carbonyl (C=O) groups is 2. The fourth-order valence-corrected chi connectivity index (χ4v) is 4.37. The van der Waals surface area contributed by atoms with Crippen molar-refractivity contribution in [1.82, 2.24) is 9.62 Å². The molecule has 0 fully saturated rings. The zero-order valence-corrected chi connectivity index (χ0v) is 19.2. The van der Waals surface area contributed by atoms with E-state index in [4.69, 9.17) is 0 Å². The van der Waals surface area contributed by atoms with Crippen LogP contribution in [-0.4, -0.2) is 44.3 Å². The predicted octanol–water partition coefficient (Wildman–Crippen LogP) is 3.63. The minimum Gasteiger partial charge on any atom is -0.337 e. The molecule has 0 aliphatic carbocycles. The molecule has 0 spiro atoms. The molecule has 2 aromatic rings. The Balaban J connectivity index is 1.80. The number of rotatable bonds is 9. The standard InChI is InChI=1S/C20H25BrN4O4S/c1-3-25(4-2)30(28,29)18-11-9-16(10-12-18)23-19(26)13-14-22-20(27)24-17-7-5-15(21)6-8-17/h5-12H,3-4,13-14H2,1-2H3,(H,23,26)(H2,22,24,27). The van der Waals surface area contributed by atoms with Crippen molar-refractivity contribution in [3.63, 3.8) is 0 Å². The number of hydrogen-bond acceptors (Lipinski definition) is 4. The summed E-state index contributed by atoms with van der Waals surface area (Å²) in [5, 5.41) is 7.96. The normalized spacial score (nSPS) is 11.2. The van der Waals surface area contributed by atoms with E-state index < -0.39 is 16.1 Å². The minimum atomic E-state index is -3.53. The second-order valence-corrected chi connectivity index (χ2v) is 9.15. The number of carbonyl (C=O) groups excluding carboxylic acids is 2. The summed E-state index contributed by atoms with van der Waals surface area (Å²) in [4.78, 5) is 24.1. The number of sulfonamides is 1. The first-order chi connectivity index (χ1) is 14.3. The smallest absolute Gasteiger partial charge is 0.319 e. The Kier molecular flexibility index (Phi) is 8.82. The van der Waals surface area contributed by atoms with Crippen LogP contribution in [0.15, 0.2) is 57.9 Å². The van der Waals surface area contributed by atoms with Crippen molar-refractivity contribution in [2.75, 3.05) is 30.3 Å². The molecule has 3 N–H and O–H groups in total. The first-order valence-corrected chi connectivity index (χ1v) is 11.7. The molecule has 0 saturated carbocycles. The zero-order valence-electron chi connectivity index (χ0n) is 16.8. The van der Waals surface area contributed by atoms with Crippen molar-refractivity contribution in [3.8, 4) is 0 Å². The van der Waals surface area contributed by atoms with Crippen molar-refractivity contribution in [1.29, 1.82) is 0 Å². The van der Waals surface area contributed by atoms with Gasteiger partial charge in [-0.15, -0.1) is 0 Å². The molecule has 10 heteroatoms. The van der Waals surface area contributed by atoms with Crippen LogP contribution in [0.4, 0.5) is 16.2 Å². The van der Waals surface area contributed by atoms with E-state index in [9.17, 15) is 18.0 Å². The van der Waals surface area contributed by atoms with Gasteiger partial charge in [0, 0.05) is 41.9 Å². The van der Waals surface area contributed by atoms with E-state index in [2.05, 4.69) is 31.9 Å². The van der Waals surface area contributed by atoms with Crippen LogP contribution in [0.25, 0.3) is 0 Å². The molecule has 0 aromatic heterocycles. The molecule has 0 aliphatic rings. The summed E-state index contributed by atoms with van der Waals surface area (Å²) >= 11 is 3.32. The Labute approximate surface area is 185 Å². The highest BCUT2D eigenvalue weighted by Gasteiger charge is 2.21. The molecule has 3 amide bonds. The van der Waals surface area contributed by atoms with E-state index in [1.807, 2.05) is 12.1 Å². The Morgan fingerprint density at radius 3 is 2.00 bits per heavy atom. The van der Waals surface area contributed by atoms with Gasteiger partial charge in [-0.25, -0.2) is 13.2 Å². The van der Waals surface area contributed by atoms with Crippen molar-refractivity contribution in [2.45, 2.75) is 25.2 Å². The maximum absolute atomic E-state index is 12.5. The fraction of sp³-hybridized carbons (Fsp3) is 0.300. The summed E-state index contributed by atoms with van der Waals surface area (Å²) in [6.45, 7) is 4.49. The molecule has 0 heterocycles. The second-order valence-electron chi connectivity index (χ2n) is 6.30. The molecule has 2 rings (SSSR count). The monoisotopic (exact) mass is 496 g/mol. The predicted molar refractivity (Wildman–Crippen MR) is 121 cm³/mol. The molecule has 0 bridgehead atoms. The van der Waals surface area contributed by atoms with Crippen LogP contribution in [0.5, 0.6) is 0 Å². The van der Waals surface area contributed by atoms with Gasteiger partial charge in [0.2, 0.25) is 15.9 Å². The summed E-state index contributed by atoms with van der Waals surface area (Å²) in [6.07, 6.45) is 0.0766. The molecule has 0 atom stereocenters. The van der Waals surface area contributed by atoms with Crippen LogP contribution >= 0.6 is 15.9 Å². The molecule has 162 valence electrons. The quantitative estimate of drug-likeness (QED) is 0.492. The van der Waals surface area contributed by atoms with Gasteiger partial charge in [-0.2, -0.15) is 4.31 Å². The molecule has 0 unspecified atom stereocenters. The number of amides is 3. The van der Waals surface area contributed by atoms with E-state index in [1.54, 1.807) is 38.1 Å². The lowest BCUT2D eigenvalue weighted by Crippen LogP contribution is -2.31. The Bertz CT molecular complexity index is 959. The third kappa shape index (κ3) is 6.82. The molecule has 0 saturated heterocycles. The summed E-state index contributed by atoms with van der Waals surface area (Å²) in [5.41, 5.74) is 1.12. The van der Waals surface area contributed by atoms with Crippen LogP contribution in [0.3, 0.4) is 0 Å². The third-order valence-electron chi connectivity index (χ3n) is 4.22. The van der Waals surface area contributed by atoms with E-state index in [-0.39, 0.29) is 23.8 Å². The molecule has 8 nitrogen and oxygen atoms in total. The van der Waals surface area contributed by atoms with Crippen LogP contribution < -0.4 is 16.0 Å². The zero-order chi connectivity index (χ0) is 22.1. The highest BCUT2D eigenvalue weighted by molar-refractivity contribution is 9.10. The van der Waals surface area contributed by atoms with Gasteiger partial charge in [-0.05, 0) is 48.5 Å². The van der Waals surface area contributed by atoms with Gasteiger partial charge >= 0.3 is 6.03 Å². The first-order valence-electron chi connectivity index (χ1n) is 9.46. The maximum Gasteiger partial charge on any atom is 0.319 e. The number of urea groups is 1. The van der Waals surface area contributed by atoms with Crippen molar-refractivity contribution in [3.05, 3.63) is 53.0 Å². The molecule has 2 aromatic carbocycles. The number of nitrogens with one attached hydrogen (secondary N) is 3. The largest absolute Gasteiger partial charge is 0.337 e. The average Bonchev–Trinajstić information content (AvgIpc) is 2.71. The second kappa shape index (κ2) is 11.1. The van der Waals surface area contributed by atoms with Crippen LogP contribution in [0.1, 0.15) is 20.3 Å². The van der Waals surface area contributed by atoms with E-state index in [0.717, 1.165) is 4.47 Å². The topological polar surface area (TPSA) is 108 Å². The molecular weight excluding hydrogens is 472 g/mol. The van der Waals surface area contributed by atoms with Crippen molar-refractivity contribution >= 4 is 49.3 Å². The summed E-state index contributed by atoms with van der Waals surface area (Å²) in [5.74, 6) is -0.293. The van der Waals surface area contributed by atoms with Gasteiger partial charge in [0.15, 0.2) is 0 Å². The summed E-state index contributed by atoms with van der Waals surface area (Å²) in [6, 6.07) is 12.7. The van der Waals surface area contributed by atoms with Gasteiger partial charge in [0.1, 0.15) is 0 Å². The van der Waals surface area contributed by atoms with Crippen LogP contribution in [-0.2, 0) is 14.8 Å². The number of halogens is 1. The van der Waals surface area contributed by atoms with Gasteiger partial charge in [0.05, 0.1) is 4.90 Å². The molecular formula is C20H25BrN4O4S. The number of anilines is 2. The number of nitrogens with zero attached hydrogens (tertiary/aromatic N) is 1. The van der Waals surface area contributed by atoms with E-state index in [0.29, 0.717) is 24.5 Å². The fourth-order valence-electron chi connectivity index (χ4n) is 2.64. The molecule has 0 aliphatic heterocycles. The Hall–Kier alpha value is -2.43. The van der Waals surface area contributed by atoms with Crippen molar-refractivity contribution in [2.24, 2.45) is 0 Å². The maximum atomic E-state index is 12.5. The van der Waals surface area contributed by atoms with E-state index in [1.165, 1.54) is 16.4 Å². The highest BCUT2D eigenvalue weighted by Crippen LogP contribution is 2.18. The molecule has 30 heavy (non-hydrogen) atoms. The Morgan fingerprint density at radius 2 is 1.43 bits per heavy atom. The van der Waals surface area contributed by atoms with Gasteiger partial charge in [0.25, 0.3) is 0 Å². The van der Waals surface area contributed by atoms with Crippen LogP contribution in [0, 0.1) is 0 Å². The summed E-state index contributed by atoms with van der Waals surface area (Å²) in [7, 11) is -3.53. The van der Waals surface area contributed by atoms with E-state index >= 15 is 0 Å². The SMILES string of the molecule is CCN(CC)S(=O)(=O)c1ccc(NC(=O)CCNC(=O)Nc2ccc(Br)cc2)cc1. The lowest BCUT2D eigenvalue weighted by atomic mass is 10.3. The van der Waals surface area contributed by atoms with Gasteiger partial charge < -0.3 is 16.0 Å². The lowest BCUT2D eigenvalue weighted by molar-refractivity contribution is -0.116. The lowest BCUT2D eigenvalue weighted by Gasteiger charge is -2.18. The van der Waals surface area contributed by atoms with Crippen molar-refractivity contribution < 1.29 is 18.0 Å². The highest BCUT2D eigenvalue weighted by atomic mass is 79.9. The third-order valence-corrected chi connectivity index (χ3v) is 6.81. The minimum absolute atomic E-state index is 0.0766. The molecule has 0 radical (unpaired) electrons. The number of benzene rings is 2. The van der Waals surface area contributed by atoms with Gasteiger partial charge in [-0.3, -0.25) is 4.79 Å². The Morgan fingerprint density at radius 1 is 0.900 bits per heavy atom. The van der Waals surface area contributed by atoms with Crippen LogP contribution in [0.2, 0.25) is 0 Å².